The summed E-state index contributed by atoms with van der Waals surface area (Å²) >= 11 is 0. The minimum Gasteiger partial charge on any atom is -0.396 e. The van der Waals surface area contributed by atoms with Crippen molar-refractivity contribution in [2.45, 2.75) is 6.54 Å². The van der Waals surface area contributed by atoms with Crippen molar-refractivity contribution in [2.75, 3.05) is 31.3 Å². The van der Waals surface area contributed by atoms with Gasteiger partial charge in [0.2, 0.25) is 10.0 Å². The topological polar surface area (TPSA) is 100 Å². The first-order chi connectivity index (χ1) is 18.9. The average Bonchev–Trinajstić information content (AvgIpc) is 3.23. The molecule has 3 aromatic carbocycles. The van der Waals surface area contributed by atoms with Crippen LogP contribution in [0.1, 0.15) is 5.56 Å². The second kappa shape index (κ2) is 9.15. The highest BCUT2D eigenvalue weighted by atomic mass is 32.2. The smallest absolute Gasteiger partial charge is 0.236 e. The fraction of sp³-hybridized carbons (Fsp3) is 0.267. The normalized spacial score (nSPS) is 20.9. The number of aliphatic hydroxyl groups excluding tert-OH is 1. The standard InChI is InChI=1S/C30H29N5O3S/c1-39(37,38)35-11-10-22-12-23(7-9-29(22)35)33-30-24-13-21(6-8-28(24)31-18-32-30)20-4-2-19(3-5-20)14-34-15-25-26(16-34)27(25)17-36/h2-13,18,25-27,36H,14-17H2,1H3,(H,31,32,33). The van der Waals surface area contributed by atoms with E-state index < -0.39 is 10.0 Å². The van der Waals surface area contributed by atoms with Gasteiger partial charge < -0.3 is 10.4 Å². The second-order valence-electron chi connectivity index (χ2n) is 10.8. The molecule has 0 amide bonds. The van der Waals surface area contributed by atoms with Crippen molar-refractivity contribution in [3.8, 4) is 11.1 Å². The molecule has 2 atom stereocenters. The Kier molecular flexibility index (Phi) is 5.69. The maximum atomic E-state index is 12.0. The van der Waals surface area contributed by atoms with Crippen LogP contribution in [-0.4, -0.2) is 58.3 Å². The van der Waals surface area contributed by atoms with E-state index in [-0.39, 0.29) is 0 Å². The molecule has 7 rings (SSSR count). The first kappa shape index (κ1) is 24.3. The Balaban J connectivity index is 1.12. The van der Waals surface area contributed by atoms with Crippen LogP contribution in [0.2, 0.25) is 0 Å². The number of likely N-dealkylation sites (tertiary alicyclic amines) is 1. The molecule has 0 spiro atoms. The Morgan fingerprint density at radius 1 is 0.949 bits per heavy atom. The van der Waals surface area contributed by atoms with Gasteiger partial charge in [0.05, 0.1) is 17.3 Å². The highest BCUT2D eigenvalue weighted by Gasteiger charge is 2.54. The van der Waals surface area contributed by atoms with Crippen molar-refractivity contribution in [2.24, 2.45) is 17.8 Å². The summed E-state index contributed by atoms with van der Waals surface area (Å²) in [4.78, 5) is 11.5. The molecule has 1 aliphatic heterocycles. The van der Waals surface area contributed by atoms with Gasteiger partial charge >= 0.3 is 0 Å². The molecule has 8 nitrogen and oxygen atoms in total. The van der Waals surface area contributed by atoms with Gasteiger partial charge in [-0.1, -0.05) is 30.3 Å². The Bertz CT molecular complexity index is 1800. The first-order valence-corrected chi connectivity index (χ1v) is 15.0. The molecule has 0 radical (unpaired) electrons. The predicted octanol–water partition coefficient (Wildman–Crippen LogP) is 4.47. The quantitative estimate of drug-likeness (QED) is 0.315. The van der Waals surface area contributed by atoms with E-state index in [0.29, 0.717) is 35.7 Å². The minimum atomic E-state index is -3.37. The molecular weight excluding hydrogens is 510 g/mol. The molecule has 1 aliphatic carbocycles. The molecule has 3 heterocycles. The molecule has 0 bridgehead atoms. The summed E-state index contributed by atoms with van der Waals surface area (Å²) in [5, 5.41) is 14.5. The lowest BCUT2D eigenvalue weighted by Gasteiger charge is -2.19. The van der Waals surface area contributed by atoms with Crippen molar-refractivity contribution in [3.05, 3.63) is 84.8 Å². The number of aliphatic hydroxyl groups is 1. The molecule has 2 aromatic heterocycles. The Morgan fingerprint density at radius 3 is 2.46 bits per heavy atom. The number of piperidine rings is 1. The lowest BCUT2D eigenvalue weighted by Crippen LogP contribution is -2.24. The van der Waals surface area contributed by atoms with E-state index in [2.05, 4.69) is 56.6 Å². The van der Waals surface area contributed by atoms with Crippen molar-refractivity contribution >= 4 is 43.3 Å². The molecule has 2 unspecified atom stereocenters. The van der Waals surface area contributed by atoms with Gasteiger partial charge in [0.1, 0.15) is 12.1 Å². The van der Waals surface area contributed by atoms with E-state index in [0.717, 1.165) is 52.7 Å². The van der Waals surface area contributed by atoms with Crippen LogP contribution in [0.15, 0.2) is 79.3 Å². The SMILES string of the molecule is CS(=O)(=O)n1ccc2cc(Nc3ncnc4ccc(-c5ccc(CN6CC7C(CO)C7C6)cc5)cc34)ccc21. The third-order valence-corrected chi connectivity index (χ3v) is 9.29. The Morgan fingerprint density at radius 2 is 1.72 bits per heavy atom. The van der Waals surface area contributed by atoms with Crippen molar-refractivity contribution in [1.82, 2.24) is 18.8 Å². The minimum absolute atomic E-state index is 0.334. The summed E-state index contributed by atoms with van der Waals surface area (Å²) in [6, 6.07) is 22.3. The second-order valence-corrected chi connectivity index (χ2v) is 12.7. The van der Waals surface area contributed by atoms with Crippen LogP contribution in [-0.2, 0) is 16.6 Å². The summed E-state index contributed by atoms with van der Waals surface area (Å²) < 4.78 is 25.3. The molecule has 5 aromatic rings. The van der Waals surface area contributed by atoms with Gasteiger partial charge in [-0.25, -0.2) is 22.4 Å². The fourth-order valence-corrected chi connectivity index (χ4v) is 6.96. The van der Waals surface area contributed by atoms with Crippen LogP contribution >= 0.6 is 0 Å². The zero-order valence-corrected chi connectivity index (χ0v) is 22.3. The molecule has 39 heavy (non-hydrogen) atoms. The highest BCUT2D eigenvalue weighted by Crippen LogP contribution is 2.51. The Hall–Kier alpha value is -3.79. The van der Waals surface area contributed by atoms with Crippen molar-refractivity contribution in [1.29, 1.82) is 0 Å². The maximum Gasteiger partial charge on any atom is 0.236 e. The molecule has 2 fully saturated rings. The molecule has 9 heteroatoms. The highest BCUT2D eigenvalue weighted by molar-refractivity contribution is 7.89. The zero-order valence-electron chi connectivity index (χ0n) is 21.5. The van der Waals surface area contributed by atoms with Gasteiger partial charge in [0.25, 0.3) is 0 Å². The number of aromatic nitrogens is 3. The first-order valence-electron chi connectivity index (χ1n) is 13.1. The molecule has 1 saturated carbocycles. The zero-order chi connectivity index (χ0) is 26.7. The number of nitrogens with zero attached hydrogens (tertiary/aromatic N) is 4. The van der Waals surface area contributed by atoms with Crippen LogP contribution in [0, 0.1) is 17.8 Å². The number of hydrogen-bond donors (Lipinski definition) is 2. The third kappa shape index (κ3) is 4.46. The van der Waals surface area contributed by atoms with Gasteiger partial charge in [-0.05, 0) is 70.8 Å². The van der Waals surface area contributed by atoms with E-state index in [4.69, 9.17) is 0 Å². The van der Waals surface area contributed by atoms with Crippen molar-refractivity contribution < 1.29 is 13.5 Å². The largest absolute Gasteiger partial charge is 0.396 e. The van der Waals surface area contributed by atoms with Crippen LogP contribution in [0.25, 0.3) is 32.9 Å². The molecule has 2 N–H and O–H groups in total. The molecule has 198 valence electrons. The fourth-order valence-electron chi connectivity index (χ4n) is 6.15. The Labute approximate surface area is 227 Å². The van der Waals surface area contributed by atoms with E-state index in [1.54, 1.807) is 24.7 Å². The summed E-state index contributed by atoms with van der Waals surface area (Å²) in [5.74, 6) is 2.60. The summed E-state index contributed by atoms with van der Waals surface area (Å²) in [7, 11) is -3.37. The average molecular weight is 540 g/mol. The number of hydrogen-bond acceptors (Lipinski definition) is 7. The number of fused-ring (bicyclic) bond motifs is 3. The summed E-state index contributed by atoms with van der Waals surface area (Å²) in [6.07, 6.45) is 4.31. The van der Waals surface area contributed by atoms with Crippen molar-refractivity contribution in [3.63, 3.8) is 0 Å². The van der Waals surface area contributed by atoms with E-state index in [1.807, 2.05) is 18.2 Å². The van der Waals surface area contributed by atoms with Gasteiger partial charge in [-0.15, -0.1) is 0 Å². The van der Waals surface area contributed by atoms with Gasteiger partial charge in [-0.2, -0.15) is 0 Å². The van der Waals surface area contributed by atoms with Crippen LogP contribution < -0.4 is 5.32 Å². The lowest BCUT2D eigenvalue weighted by molar-refractivity contribution is 0.217. The maximum absolute atomic E-state index is 12.0. The van der Waals surface area contributed by atoms with E-state index in [1.165, 1.54) is 15.8 Å². The van der Waals surface area contributed by atoms with Gasteiger partial charge in [0.15, 0.2) is 0 Å². The molecular formula is C30H29N5O3S. The van der Waals surface area contributed by atoms with Gasteiger partial charge in [-0.3, -0.25) is 4.90 Å². The van der Waals surface area contributed by atoms with E-state index >= 15 is 0 Å². The van der Waals surface area contributed by atoms with Crippen LogP contribution in [0.4, 0.5) is 11.5 Å². The lowest BCUT2D eigenvalue weighted by atomic mass is 10.0. The third-order valence-electron chi connectivity index (χ3n) is 8.26. The number of anilines is 2. The molecule has 1 saturated heterocycles. The monoisotopic (exact) mass is 539 g/mol. The van der Waals surface area contributed by atoms with E-state index in [9.17, 15) is 13.5 Å². The number of rotatable bonds is 7. The predicted molar refractivity (Wildman–Crippen MR) is 153 cm³/mol. The summed E-state index contributed by atoms with van der Waals surface area (Å²) in [6.45, 7) is 3.47. The number of benzene rings is 3. The van der Waals surface area contributed by atoms with Gasteiger partial charge in [0, 0.05) is 48.9 Å². The molecule has 2 aliphatic rings. The van der Waals surface area contributed by atoms with Crippen LogP contribution in [0.5, 0.6) is 0 Å². The summed E-state index contributed by atoms with van der Waals surface area (Å²) in [5.41, 5.74) is 5.80. The van der Waals surface area contributed by atoms with Crippen LogP contribution in [0.3, 0.4) is 0 Å². The number of nitrogens with one attached hydrogen (secondary N) is 1.